The number of carbonyl (C=O) groups is 1. The molecule has 138 valence electrons. The average Bonchev–Trinajstić information content (AvgIpc) is 3.24. The highest BCUT2D eigenvalue weighted by Crippen LogP contribution is 2.31. The molecule has 26 heavy (non-hydrogen) atoms. The van der Waals surface area contributed by atoms with Gasteiger partial charge in [-0.2, -0.15) is 0 Å². The van der Waals surface area contributed by atoms with E-state index in [1.54, 1.807) is 0 Å². The molecule has 1 aromatic carbocycles. The normalized spacial score (nSPS) is 20.4. The van der Waals surface area contributed by atoms with Gasteiger partial charge in [-0.25, -0.2) is 0 Å². The molecule has 1 fully saturated rings. The third-order valence-electron chi connectivity index (χ3n) is 5.88. The number of likely N-dealkylation sites (tertiary alicyclic amines) is 1. The second-order valence-electron chi connectivity index (χ2n) is 7.62. The Bertz CT molecular complexity index is 776. The predicted octanol–water partition coefficient (Wildman–Crippen LogP) is 1.82. The fraction of sp³-hybridized carbons (Fsp3) is 0.550. The third kappa shape index (κ3) is 3.26. The van der Waals surface area contributed by atoms with Crippen molar-refractivity contribution in [2.24, 2.45) is 13.0 Å². The first kappa shape index (κ1) is 17.2. The summed E-state index contributed by atoms with van der Waals surface area (Å²) in [5, 5.41) is 17.6. The van der Waals surface area contributed by atoms with Gasteiger partial charge in [-0.15, -0.1) is 10.2 Å². The number of hydrogen-bond acceptors (Lipinski definition) is 4. The largest absolute Gasteiger partial charge is 0.388 e. The Morgan fingerprint density at radius 1 is 1.23 bits per heavy atom. The molecular formula is C20H26N4O2. The summed E-state index contributed by atoms with van der Waals surface area (Å²) in [7, 11) is 1.89. The average molecular weight is 354 g/mol. The number of nitrogens with zero attached hydrogens (tertiary/aromatic N) is 4. The van der Waals surface area contributed by atoms with Crippen LogP contribution in [0.1, 0.15) is 48.0 Å². The second-order valence-corrected chi connectivity index (χ2v) is 7.62. The zero-order chi connectivity index (χ0) is 18.1. The Morgan fingerprint density at radius 2 is 1.96 bits per heavy atom. The van der Waals surface area contributed by atoms with Gasteiger partial charge in [0.1, 0.15) is 12.4 Å². The van der Waals surface area contributed by atoms with Crippen LogP contribution in [0, 0.1) is 5.92 Å². The lowest BCUT2D eigenvalue weighted by molar-refractivity contribution is -0.133. The van der Waals surface area contributed by atoms with Crippen LogP contribution in [0.15, 0.2) is 24.3 Å². The SMILES string of the molecule is Cn1c(CO)nnc1C1CCCN(C(=O)CC2Cc3ccccc3C2)C1. The molecule has 0 spiro atoms. The molecule has 1 aliphatic carbocycles. The molecular weight excluding hydrogens is 328 g/mol. The molecule has 1 N–H and O–H groups in total. The molecule has 1 saturated heterocycles. The number of aliphatic hydroxyl groups excluding tert-OH is 1. The van der Waals surface area contributed by atoms with Crippen LogP contribution in [0.3, 0.4) is 0 Å². The number of piperidine rings is 1. The lowest BCUT2D eigenvalue weighted by atomic mass is 9.95. The first-order valence-electron chi connectivity index (χ1n) is 9.49. The number of hydrogen-bond donors (Lipinski definition) is 1. The van der Waals surface area contributed by atoms with Crippen molar-refractivity contribution in [1.82, 2.24) is 19.7 Å². The van der Waals surface area contributed by atoms with Gasteiger partial charge in [0.15, 0.2) is 5.82 Å². The van der Waals surface area contributed by atoms with Crippen LogP contribution in [0.4, 0.5) is 0 Å². The fourth-order valence-corrected chi connectivity index (χ4v) is 4.45. The monoisotopic (exact) mass is 354 g/mol. The van der Waals surface area contributed by atoms with Crippen molar-refractivity contribution in [1.29, 1.82) is 0 Å². The van der Waals surface area contributed by atoms with E-state index in [-0.39, 0.29) is 18.4 Å². The molecule has 1 unspecified atom stereocenters. The summed E-state index contributed by atoms with van der Waals surface area (Å²) in [5.74, 6) is 2.34. The van der Waals surface area contributed by atoms with E-state index in [0.717, 1.165) is 38.1 Å². The van der Waals surface area contributed by atoms with Crippen LogP contribution >= 0.6 is 0 Å². The number of aromatic nitrogens is 3. The highest BCUT2D eigenvalue weighted by molar-refractivity contribution is 5.76. The van der Waals surface area contributed by atoms with E-state index in [4.69, 9.17) is 0 Å². The van der Waals surface area contributed by atoms with Crippen LogP contribution in [-0.2, 0) is 31.3 Å². The Balaban J connectivity index is 1.38. The van der Waals surface area contributed by atoms with E-state index in [2.05, 4.69) is 34.5 Å². The van der Waals surface area contributed by atoms with Crippen molar-refractivity contribution >= 4 is 5.91 Å². The molecule has 4 rings (SSSR count). The maximum atomic E-state index is 12.9. The first-order chi connectivity index (χ1) is 12.7. The molecule has 2 aromatic rings. The second kappa shape index (κ2) is 7.19. The minimum atomic E-state index is -0.110. The predicted molar refractivity (Wildman–Crippen MR) is 97.4 cm³/mol. The van der Waals surface area contributed by atoms with Crippen molar-refractivity contribution < 1.29 is 9.90 Å². The zero-order valence-electron chi connectivity index (χ0n) is 15.3. The quantitative estimate of drug-likeness (QED) is 0.909. The molecule has 2 heterocycles. The molecule has 2 aliphatic rings. The van der Waals surface area contributed by atoms with E-state index in [9.17, 15) is 9.90 Å². The Labute approximate surface area is 153 Å². The maximum absolute atomic E-state index is 12.9. The smallest absolute Gasteiger partial charge is 0.222 e. The lowest BCUT2D eigenvalue weighted by Crippen LogP contribution is -2.40. The number of aliphatic hydroxyl groups is 1. The first-order valence-corrected chi connectivity index (χ1v) is 9.49. The summed E-state index contributed by atoms with van der Waals surface area (Å²) >= 11 is 0. The molecule has 1 atom stereocenters. The number of carbonyl (C=O) groups excluding carboxylic acids is 1. The summed E-state index contributed by atoms with van der Waals surface area (Å²) in [5.41, 5.74) is 2.80. The molecule has 1 aliphatic heterocycles. The van der Waals surface area contributed by atoms with Gasteiger partial charge in [0.25, 0.3) is 0 Å². The van der Waals surface area contributed by atoms with Crippen LogP contribution in [0.25, 0.3) is 0 Å². The van der Waals surface area contributed by atoms with E-state index in [1.807, 2.05) is 16.5 Å². The highest BCUT2D eigenvalue weighted by Gasteiger charge is 2.30. The van der Waals surface area contributed by atoms with E-state index >= 15 is 0 Å². The number of benzene rings is 1. The Kier molecular flexibility index (Phi) is 4.76. The van der Waals surface area contributed by atoms with Crippen molar-refractivity contribution in [3.63, 3.8) is 0 Å². The van der Waals surface area contributed by atoms with Crippen molar-refractivity contribution in [3.8, 4) is 0 Å². The molecule has 0 saturated carbocycles. The van der Waals surface area contributed by atoms with E-state index in [0.29, 0.717) is 24.7 Å². The van der Waals surface area contributed by atoms with Gasteiger partial charge in [0.05, 0.1) is 0 Å². The summed E-state index contributed by atoms with van der Waals surface area (Å²) < 4.78 is 1.87. The number of fused-ring (bicyclic) bond motifs is 1. The minimum Gasteiger partial charge on any atom is -0.388 e. The zero-order valence-corrected chi connectivity index (χ0v) is 15.3. The third-order valence-corrected chi connectivity index (χ3v) is 5.88. The summed E-state index contributed by atoms with van der Waals surface area (Å²) in [6.07, 6.45) is 4.66. The van der Waals surface area contributed by atoms with Gasteiger partial charge >= 0.3 is 0 Å². The number of amides is 1. The topological polar surface area (TPSA) is 71.2 Å². The molecule has 6 nitrogen and oxygen atoms in total. The number of rotatable bonds is 4. The molecule has 1 aromatic heterocycles. The maximum Gasteiger partial charge on any atom is 0.222 e. The molecule has 1 amide bonds. The van der Waals surface area contributed by atoms with Gasteiger partial charge in [0.2, 0.25) is 5.91 Å². The minimum absolute atomic E-state index is 0.110. The fourth-order valence-electron chi connectivity index (χ4n) is 4.45. The van der Waals surface area contributed by atoms with Gasteiger partial charge < -0.3 is 14.6 Å². The summed E-state index contributed by atoms with van der Waals surface area (Å²) in [6, 6.07) is 8.53. The summed E-state index contributed by atoms with van der Waals surface area (Å²) in [6.45, 7) is 1.43. The van der Waals surface area contributed by atoms with E-state index < -0.39 is 0 Å². The summed E-state index contributed by atoms with van der Waals surface area (Å²) in [4.78, 5) is 14.9. The molecule has 0 radical (unpaired) electrons. The van der Waals surface area contributed by atoms with Crippen LogP contribution in [0.5, 0.6) is 0 Å². The van der Waals surface area contributed by atoms with Crippen LogP contribution in [-0.4, -0.2) is 43.8 Å². The van der Waals surface area contributed by atoms with Crippen LogP contribution in [0.2, 0.25) is 0 Å². The standard InChI is InChI=1S/C20H26N4O2/c1-23-18(13-25)21-22-20(23)17-7-4-8-24(12-17)19(26)11-14-9-15-5-2-3-6-16(15)10-14/h2-3,5-6,14,17,25H,4,7-13H2,1H3. The van der Waals surface area contributed by atoms with Crippen molar-refractivity contribution in [2.75, 3.05) is 13.1 Å². The molecule has 6 heteroatoms. The van der Waals surface area contributed by atoms with Gasteiger partial charge in [-0.1, -0.05) is 24.3 Å². The Hall–Kier alpha value is -2.21. The van der Waals surface area contributed by atoms with Crippen molar-refractivity contribution in [2.45, 2.75) is 44.6 Å². The van der Waals surface area contributed by atoms with Crippen molar-refractivity contribution in [3.05, 3.63) is 47.0 Å². The van der Waals surface area contributed by atoms with Gasteiger partial charge in [0, 0.05) is 32.5 Å². The van der Waals surface area contributed by atoms with Gasteiger partial charge in [-0.05, 0) is 42.7 Å². The lowest BCUT2D eigenvalue weighted by Gasteiger charge is -2.33. The van der Waals surface area contributed by atoms with Crippen LogP contribution < -0.4 is 0 Å². The Morgan fingerprint density at radius 3 is 2.62 bits per heavy atom. The van der Waals surface area contributed by atoms with E-state index in [1.165, 1.54) is 11.1 Å². The van der Waals surface area contributed by atoms with Gasteiger partial charge in [-0.3, -0.25) is 4.79 Å². The highest BCUT2D eigenvalue weighted by atomic mass is 16.3. The molecule has 0 bridgehead atoms.